The molecule has 0 unspecified atom stereocenters. The van der Waals surface area contributed by atoms with E-state index in [-0.39, 0.29) is 31.8 Å². The van der Waals surface area contributed by atoms with Crippen LogP contribution in [0.2, 0.25) is 0 Å². The minimum Gasteiger partial charge on any atom is -0.497 e. The molecule has 1 amide bonds. The van der Waals surface area contributed by atoms with E-state index in [4.69, 9.17) is 4.74 Å². The van der Waals surface area contributed by atoms with Crippen LogP contribution in [-0.4, -0.2) is 57.3 Å². The summed E-state index contributed by atoms with van der Waals surface area (Å²) >= 11 is 0. The Morgan fingerprint density at radius 3 is 1.72 bits per heavy atom. The Kier molecular flexibility index (Phi) is 8.42. The molecule has 0 atom stereocenters. The third-order valence-corrected chi connectivity index (χ3v) is 3.50. The number of hydrogen-bond acceptors (Lipinski definition) is 7. The molecule has 138 valence electrons. The van der Waals surface area contributed by atoms with Crippen LogP contribution in [0.15, 0.2) is 24.3 Å². The predicted molar refractivity (Wildman–Crippen MR) is 91.0 cm³/mol. The summed E-state index contributed by atoms with van der Waals surface area (Å²) in [5.74, 6) is -0.398. The summed E-state index contributed by atoms with van der Waals surface area (Å²) in [4.78, 5) is 35.1. The largest absolute Gasteiger partial charge is 0.497 e. The molecule has 0 aliphatic heterocycles. The molecule has 0 bridgehead atoms. The normalized spacial score (nSPS) is 10.3. The highest BCUT2D eigenvalue weighted by Crippen LogP contribution is 2.21. The Morgan fingerprint density at radius 1 is 0.880 bits per heavy atom. The summed E-state index contributed by atoms with van der Waals surface area (Å²) < 4.78 is 14.4. The molecule has 0 heterocycles. The van der Waals surface area contributed by atoms with Crippen LogP contribution in [-0.2, 0) is 23.9 Å². The number of carbonyl (C=O) groups is 3. The topological polar surface area (TPSA) is 85.4 Å². The quantitative estimate of drug-likeness (QED) is 0.490. The fourth-order valence-corrected chi connectivity index (χ4v) is 2.22. The molecule has 0 saturated heterocycles. The van der Waals surface area contributed by atoms with Crippen LogP contribution >= 0.6 is 0 Å². The Labute approximate surface area is 147 Å². The summed E-state index contributed by atoms with van der Waals surface area (Å²) in [6, 6.07) is 6.90. The number of carbonyl (C=O) groups excluding carboxylic acids is 3. The zero-order chi connectivity index (χ0) is 18.8. The van der Waals surface area contributed by atoms with Crippen molar-refractivity contribution < 1.29 is 28.6 Å². The van der Waals surface area contributed by atoms with E-state index < -0.39 is 11.9 Å². The maximum absolute atomic E-state index is 12.2. The van der Waals surface area contributed by atoms with E-state index in [2.05, 4.69) is 9.47 Å². The number of amides is 1. The third-order valence-electron chi connectivity index (χ3n) is 3.50. The first kappa shape index (κ1) is 20.4. The Morgan fingerprint density at radius 2 is 1.36 bits per heavy atom. The molecular weight excluding hydrogens is 328 g/mol. The van der Waals surface area contributed by atoms with Crippen molar-refractivity contribution in [3.05, 3.63) is 24.3 Å². The second-order valence-corrected chi connectivity index (χ2v) is 5.13. The molecule has 0 aliphatic rings. The van der Waals surface area contributed by atoms with Crippen molar-refractivity contribution in [3.63, 3.8) is 0 Å². The molecule has 0 N–H and O–H groups in total. The summed E-state index contributed by atoms with van der Waals surface area (Å²) in [7, 11) is 4.15. The van der Waals surface area contributed by atoms with E-state index in [9.17, 15) is 14.4 Å². The van der Waals surface area contributed by atoms with Crippen LogP contribution in [0.3, 0.4) is 0 Å². The van der Waals surface area contributed by atoms with E-state index in [1.165, 1.54) is 26.2 Å². The van der Waals surface area contributed by atoms with Crippen LogP contribution < -0.4 is 9.75 Å². The molecular formula is C17H24N2O6. The molecule has 1 aromatic rings. The Balaban J connectivity index is 3.02. The van der Waals surface area contributed by atoms with Gasteiger partial charge in [0.25, 0.3) is 0 Å². The summed E-state index contributed by atoms with van der Waals surface area (Å²) in [5, 5.41) is 3.04. The van der Waals surface area contributed by atoms with Gasteiger partial charge in [-0.05, 0) is 24.3 Å². The predicted octanol–water partition coefficient (Wildman–Crippen LogP) is 1.39. The number of methoxy groups -OCH3 is 3. The molecule has 1 rings (SSSR count). The van der Waals surface area contributed by atoms with Crippen LogP contribution in [0.5, 0.6) is 5.75 Å². The fourth-order valence-electron chi connectivity index (χ4n) is 2.22. The van der Waals surface area contributed by atoms with E-state index in [1.54, 1.807) is 36.4 Å². The zero-order valence-corrected chi connectivity index (χ0v) is 15.0. The van der Waals surface area contributed by atoms with E-state index >= 15 is 0 Å². The lowest BCUT2D eigenvalue weighted by Crippen LogP contribution is -2.47. The molecule has 25 heavy (non-hydrogen) atoms. The van der Waals surface area contributed by atoms with Gasteiger partial charge in [-0.3, -0.25) is 14.4 Å². The number of ether oxygens (including phenoxy) is 3. The maximum Gasteiger partial charge on any atom is 0.306 e. The monoisotopic (exact) mass is 352 g/mol. The second kappa shape index (κ2) is 10.3. The van der Waals surface area contributed by atoms with E-state index in [0.29, 0.717) is 11.4 Å². The fraction of sp³-hybridized carbons (Fsp3) is 0.471. The number of rotatable bonds is 9. The molecule has 1 aromatic carbocycles. The summed E-state index contributed by atoms with van der Waals surface area (Å²) in [6.45, 7) is 1.85. The summed E-state index contributed by atoms with van der Waals surface area (Å²) in [6.07, 6.45) is 0.162. The van der Waals surface area contributed by atoms with Crippen LogP contribution in [0, 0.1) is 0 Å². The van der Waals surface area contributed by atoms with Crippen LogP contribution in [0.4, 0.5) is 5.69 Å². The van der Waals surface area contributed by atoms with Crippen molar-refractivity contribution >= 4 is 23.5 Å². The van der Waals surface area contributed by atoms with Crippen LogP contribution in [0.1, 0.15) is 19.8 Å². The smallest absolute Gasteiger partial charge is 0.306 e. The molecule has 8 heteroatoms. The number of anilines is 1. The van der Waals surface area contributed by atoms with Gasteiger partial charge in [0.1, 0.15) is 5.75 Å². The molecule has 0 radical (unpaired) electrons. The van der Waals surface area contributed by atoms with Crippen molar-refractivity contribution in [1.82, 2.24) is 5.01 Å². The Hall–Kier alpha value is -2.61. The van der Waals surface area contributed by atoms with Gasteiger partial charge in [-0.25, -0.2) is 10.0 Å². The van der Waals surface area contributed by atoms with Gasteiger partial charge < -0.3 is 14.2 Å². The van der Waals surface area contributed by atoms with Gasteiger partial charge in [-0.1, -0.05) is 0 Å². The molecule has 0 aromatic heterocycles. The van der Waals surface area contributed by atoms with Gasteiger partial charge in [-0.15, -0.1) is 0 Å². The number of benzene rings is 1. The first-order chi connectivity index (χ1) is 11.9. The SMILES string of the molecule is COC(=O)CCN(CCC(=O)OC)N(C(C)=O)c1ccc(OC)cc1. The first-order valence-electron chi connectivity index (χ1n) is 7.76. The number of hydrogen-bond donors (Lipinski definition) is 0. The lowest BCUT2D eigenvalue weighted by molar-refractivity contribution is -0.141. The van der Waals surface area contributed by atoms with Crippen LogP contribution in [0.25, 0.3) is 0 Å². The number of esters is 2. The number of hydrazine groups is 1. The highest BCUT2D eigenvalue weighted by molar-refractivity contribution is 5.90. The average molecular weight is 352 g/mol. The van der Waals surface area contributed by atoms with Gasteiger partial charge in [0.05, 0.1) is 39.9 Å². The number of nitrogens with zero attached hydrogens (tertiary/aromatic N) is 2. The van der Waals surface area contributed by atoms with Crippen molar-refractivity contribution in [1.29, 1.82) is 0 Å². The Bertz CT molecular complexity index is 567. The average Bonchev–Trinajstić information content (AvgIpc) is 2.63. The van der Waals surface area contributed by atoms with Gasteiger partial charge in [0, 0.05) is 20.0 Å². The second-order valence-electron chi connectivity index (χ2n) is 5.13. The first-order valence-corrected chi connectivity index (χ1v) is 7.76. The summed E-state index contributed by atoms with van der Waals surface area (Å²) in [5.41, 5.74) is 0.600. The van der Waals surface area contributed by atoms with E-state index in [0.717, 1.165) is 0 Å². The molecule has 0 spiro atoms. The van der Waals surface area contributed by atoms with Crippen molar-refractivity contribution in [3.8, 4) is 5.75 Å². The van der Waals surface area contributed by atoms with Crippen molar-refractivity contribution in [2.24, 2.45) is 0 Å². The van der Waals surface area contributed by atoms with Gasteiger partial charge in [-0.2, -0.15) is 0 Å². The maximum atomic E-state index is 12.2. The lowest BCUT2D eigenvalue weighted by atomic mass is 10.3. The zero-order valence-electron chi connectivity index (χ0n) is 15.0. The standard InChI is InChI=1S/C17H24N2O6/c1-13(20)19(14-5-7-15(23-2)8-6-14)18(11-9-16(21)24-3)12-10-17(22)25-4/h5-8H,9-12H2,1-4H3. The molecule has 0 aliphatic carbocycles. The molecule has 0 saturated carbocycles. The minimum atomic E-state index is -0.402. The highest BCUT2D eigenvalue weighted by atomic mass is 16.5. The van der Waals surface area contributed by atoms with Gasteiger partial charge in [0.2, 0.25) is 5.91 Å². The van der Waals surface area contributed by atoms with Gasteiger partial charge >= 0.3 is 11.9 Å². The lowest BCUT2D eigenvalue weighted by Gasteiger charge is -2.34. The van der Waals surface area contributed by atoms with E-state index in [1.807, 2.05) is 0 Å². The molecule has 8 nitrogen and oxygen atoms in total. The third kappa shape index (κ3) is 6.42. The molecule has 0 fully saturated rings. The van der Waals surface area contributed by atoms with Crippen molar-refractivity contribution in [2.75, 3.05) is 39.4 Å². The minimum absolute atomic E-state index is 0.0810. The van der Waals surface area contributed by atoms with Gasteiger partial charge in [0.15, 0.2) is 0 Å². The van der Waals surface area contributed by atoms with Crippen molar-refractivity contribution in [2.45, 2.75) is 19.8 Å². The highest BCUT2D eigenvalue weighted by Gasteiger charge is 2.22.